The first-order valence-electron chi connectivity index (χ1n) is 5.66. The Morgan fingerprint density at radius 2 is 1.50 bits per heavy atom. The topological polar surface area (TPSA) is 40.6 Å². The molecule has 1 fully saturated rings. The molecule has 16 heavy (non-hydrogen) atoms. The number of rotatable bonds is 3. The molecule has 0 aromatic heterocycles. The molecular formula is C11H19BrN2O2. The van der Waals surface area contributed by atoms with Gasteiger partial charge in [-0.2, -0.15) is 0 Å². The Morgan fingerprint density at radius 1 is 1.06 bits per heavy atom. The van der Waals surface area contributed by atoms with Crippen LogP contribution in [-0.2, 0) is 9.59 Å². The van der Waals surface area contributed by atoms with Crippen LogP contribution < -0.4 is 0 Å². The highest BCUT2D eigenvalue weighted by Gasteiger charge is 2.23. The van der Waals surface area contributed by atoms with E-state index in [1.165, 1.54) is 0 Å². The molecule has 4 nitrogen and oxygen atoms in total. The van der Waals surface area contributed by atoms with Gasteiger partial charge in [0.05, 0.1) is 5.33 Å². The first-order valence-corrected chi connectivity index (χ1v) is 6.78. The van der Waals surface area contributed by atoms with Gasteiger partial charge < -0.3 is 9.80 Å². The lowest BCUT2D eigenvalue weighted by atomic mass is 10.1. The zero-order valence-corrected chi connectivity index (χ0v) is 11.5. The third-order valence-electron chi connectivity index (χ3n) is 2.68. The minimum atomic E-state index is 0.107. The van der Waals surface area contributed by atoms with Gasteiger partial charge >= 0.3 is 0 Å². The summed E-state index contributed by atoms with van der Waals surface area (Å²) < 4.78 is 0. The van der Waals surface area contributed by atoms with Crippen LogP contribution in [0.25, 0.3) is 0 Å². The van der Waals surface area contributed by atoms with Crippen LogP contribution in [0.2, 0.25) is 0 Å². The Morgan fingerprint density at radius 3 is 1.88 bits per heavy atom. The van der Waals surface area contributed by atoms with Gasteiger partial charge in [0.25, 0.3) is 0 Å². The monoisotopic (exact) mass is 290 g/mol. The van der Waals surface area contributed by atoms with Crippen LogP contribution >= 0.6 is 15.9 Å². The van der Waals surface area contributed by atoms with E-state index < -0.39 is 0 Å². The zero-order valence-electron chi connectivity index (χ0n) is 9.91. The molecule has 1 saturated heterocycles. The molecule has 1 heterocycles. The van der Waals surface area contributed by atoms with Crippen LogP contribution in [0, 0.1) is 5.92 Å². The molecule has 0 radical (unpaired) electrons. The molecule has 0 unspecified atom stereocenters. The summed E-state index contributed by atoms with van der Waals surface area (Å²) in [7, 11) is 0. The van der Waals surface area contributed by atoms with E-state index in [-0.39, 0.29) is 11.8 Å². The van der Waals surface area contributed by atoms with E-state index in [1.807, 2.05) is 18.7 Å². The summed E-state index contributed by atoms with van der Waals surface area (Å²) in [5.74, 6) is 0.714. The van der Waals surface area contributed by atoms with Gasteiger partial charge in [0.2, 0.25) is 11.8 Å². The van der Waals surface area contributed by atoms with E-state index >= 15 is 0 Å². The lowest BCUT2D eigenvalue weighted by molar-refractivity contribution is -0.138. The second kappa shape index (κ2) is 6.23. The van der Waals surface area contributed by atoms with E-state index in [0.29, 0.717) is 43.8 Å². The highest BCUT2D eigenvalue weighted by molar-refractivity contribution is 9.09. The number of nitrogens with zero attached hydrogens (tertiary/aromatic N) is 2. The lowest BCUT2D eigenvalue weighted by Crippen LogP contribution is -2.51. The van der Waals surface area contributed by atoms with Gasteiger partial charge in [-0.15, -0.1) is 0 Å². The number of amides is 2. The van der Waals surface area contributed by atoms with Crippen LogP contribution in [-0.4, -0.2) is 53.1 Å². The number of carbonyl (C=O) groups is 2. The van der Waals surface area contributed by atoms with Crippen molar-refractivity contribution in [3.05, 3.63) is 0 Å². The molecule has 0 atom stereocenters. The van der Waals surface area contributed by atoms with Gasteiger partial charge in [-0.1, -0.05) is 29.8 Å². The Labute approximate surface area is 105 Å². The van der Waals surface area contributed by atoms with Gasteiger partial charge in [-0.3, -0.25) is 9.59 Å². The van der Waals surface area contributed by atoms with E-state index in [2.05, 4.69) is 15.9 Å². The number of hydrogen-bond donors (Lipinski definition) is 0. The molecule has 0 bridgehead atoms. The molecule has 0 N–H and O–H groups in total. The maximum absolute atomic E-state index is 11.8. The summed E-state index contributed by atoms with van der Waals surface area (Å²) in [6.07, 6.45) is 0.604. The van der Waals surface area contributed by atoms with Crippen molar-refractivity contribution in [1.82, 2.24) is 9.80 Å². The molecule has 0 aromatic rings. The number of halogens is 1. The van der Waals surface area contributed by atoms with Gasteiger partial charge in [0.15, 0.2) is 0 Å². The van der Waals surface area contributed by atoms with E-state index in [9.17, 15) is 9.59 Å². The summed E-state index contributed by atoms with van der Waals surface area (Å²) >= 11 is 3.16. The fraction of sp³-hybridized carbons (Fsp3) is 0.818. The van der Waals surface area contributed by atoms with Crippen LogP contribution in [0.4, 0.5) is 0 Å². The maximum Gasteiger partial charge on any atom is 0.233 e. The fourth-order valence-electron chi connectivity index (χ4n) is 1.77. The smallest absolute Gasteiger partial charge is 0.233 e. The molecule has 0 saturated carbocycles. The number of carbonyl (C=O) groups excluding carboxylic acids is 2. The Kier molecular flexibility index (Phi) is 5.25. The highest BCUT2D eigenvalue weighted by Crippen LogP contribution is 2.08. The van der Waals surface area contributed by atoms with Crippen molar-refractivity contribution in [3.8, 4) is 0 Å². The molecule has 1 aliphatic heterocycles. The fourth-order valence-corrected chi connectivity index (χ4v) is 2.12. The SMILES string of the molecule is CC(C)CC(=O)N1CCN(C(=O)CBr)CC1. The second-order valence-electron chi connectivity index (χ2n) is 4.49. The van der Waals surface area contributed by atoms with Gasteiger partial charge in [-0.25, -0.2) is 0 Å². The van der Waals surface area contributed by atoms with Crippen LogP contribution in [0.3, 0.4) is 0 Å². The third-order valence-corrected chi connectivity index (χ3v) is 3.16. The van der Waals surface area contributed by atoms with E-state index in [0.717, 1.165) is 0 Å². The first-order chi connectivity index (χ1) is 7.54. The van der Waals surface area contributed by atoms with Gasteiger partial charge in [0.1, 0.15) is 0 Å². The standard InChI is InChI=1S/C11H19BrN2O2/c1-9(2)7-10(15)13-3-5-14(6-4-13)11(16)8-12/h9H,3-8H2,1-2H3. The van der Waals surface area contributed by atoms with Crippen molar-refractivity contribution in [2.45, 2.75) is 20.3 Å². The molecule has 0 aromatic carbocycles. The summed E-state index contributed by atoms with van der Waals surface area (Å²) in [5, 5.41) is 0.368. The predicted molar refractivity (Wildman–Crippen MR) is 66.4 cm³/mol. The van der Waals surface area contributed by atoms with Gasteiger partial charge in [-0.05, 0) is 5.92 Å². The Hall–Kier alpha value is -0.580. The first kappa shape index (κ1) is 13.5. The number of piperazine rings is 1. The van der Waals surface area contributed by atoms with Crippen molar-refractivity contribution in [2.24, 2.45) is 5.92 Å². The molecule has 0 spiro atoms. The van der Waals surface area contributed by atoms with Gasteiger partial charge in [0, 0.05) is 32.6 Å². The molecule has 1 aliphatic rings. The van der Waals surface area contributed by atoms with Crippen molar-refractivity contribution < 1.29 is 9.59 Å². The van der Waals surface area contributed by atoms with Crippen molar-refractivity contribution >= 4 is 27.7 Å². The molecule has 1 rings (SSSR count). The molecule has 0 aliphatic carbocycles. The van der Waals surface area contributed by atoms with Crippen molar-refractivity contribution in [2.75, 3.05) is 31.5 Å². The maximum atomic E-state index is 11.8. The largest absolute Gasteiger partial charge is 0.339 e. The number of alkyl halides is 1. The lowest BCUT2D eigenvalue weighted by Gasteiger charge is -2.34. The summed E-state index contributed by atoms with van der Waals surface area (Å²) in [5.41, 5.74) is 0. The van der Waals surface area contributed by atoms with Crippen molar-refractivity contribution in [1.29, 1.82) is 0 Å². The average molecular weight is 291 g/mol. The summed E-state index contributed by atoms with van der Waals surface area (Å²) in [4.78, 5) is 26.8. The van der Waals surface area contributed by atoms with Crippen LogP contribution in [0.1, 0.15) is 20.3 Å². The van der Waals surface area contributed by atoms with Crippen LogP contribution in [0.5, 0.6) is 0 Å². The Bertz CT molecular complexity index is 261. The van der Waals surface area contributed by atoms with Crippen LogP contribution in [0.15, 0.2) is 0 Å². The third kappa shape index (κ3) is 3.77. The normalized spacial score (nSPS) is 16.8. The molecular weight excluding hydrogens is 272 g/mol. The quantitative estimate of drug-likeness (QED) is 0.731. The molecule has 92 valence electrons. The van der Waals surface area contributed by atoms with Crippen molar-refractivity contribution in [3.63, 3.8) is 0 Å². The molecule has 2 amide bonds. The highest BCUT2D eigenvalue weighted by atomic mass is 79.9. The average Bonchev–Trinajstić information content (AvgIpc) is 2.27. The predicted octanol–water partition coefficient (Wildman–Crippen LogP) is 1.10. The minimum absolute atomic E-state index is 0.107. The van der Waals surface area contributed by atoms with E-state index in [1.54, 1.807) is 4.90 Å². The zero-order chi connectivity index (χ0) is 12.1. The summed E-state index contributed by atoms with van der Waals surface area (Å²) in [6.45, 7) is 6.75. The Balaban J connectivity index is 2.37. The second-order valence-corrected chi connectivity index (χ2v) is 5.05. The minimum Gasteiger partial charge on any atom is -0.339 e. The summed E-state index contributed by atoms with van der Waals surface area (Å²) in [6, 6.07) is 0. The van der Waals surface area contributed by atoms with E-state index in [4.69, 9.17) is 0 Å². The molecule has 5 heteroatoms. The number of hydrogen-bond acceptors (Lipinski definition) is 2.